The van der Waals surface area contributed by atoms with Gasteiger partial charge in [0.25, 0.3) is 5.56 Å². The molecule has 0 aliphatic rings. The quantitative estimate of drug-likeness (QED) is 0.449. The van der Waals surface area contributed by atoms with E-state index < -0.39 is 0 Å². The zero-order chi connectivity index (χ0) is 23.4. The van der Waals surface area contributed by atoms with Crippen molar-refractivity contribution in [2.75, 3.05) is 0 Å². The summed E-state index contributed by atoms with van der Waals surface area (Å²) in [6, 6.07) is 17.5. The number of carbonyl (C=O) groups is 1. The lowest BCUT2D eigenvalue weighted by Crippen LogP contribution is -2.32. The molecule has 2 heterocycles. The number of hydrogen-bond donors (Lipinski definition) is 1. The van der Waals surface area contributed by atoms with Crippen molar-refractivity contribution in [3.05, 3.63) is 87.3 Å². The highest BCUT2D eigenvalue weighted by molar-refractivity contribution is 5.76. The average Bonchev–Trinajstić information content (AvgIpc) is 3.28. The zero-order valence-corrected chi connectivity index (χ0v) is 19.3. The van der Waals surface area contributed by atoms with Crippen LogP contribution in [0.3, 0.4) is 0 Å². The van der Waals surface area contributed by atoms with Gasteiger partial charge in [-0.2, -0.15) is 9.50 Å². The highest BCUT2D eigenvalue weighted by Crippen LogP contribution is 2.17. The lowest BCUT2D eigenvalue weighted by atomic mass is 10.1. The van der Waals surface area contributed by atoms with Crippen molar-refractivity contribution in [3.8, 4) is 11.4 Å². The zero-order valence-electron chi connectivity index (χ0n) is 19.3. The topological polar surface area (TPSA) is 81.3 Å². The predicted molar refractivity (Wildman–Crippen MR) is 129 cm³/mol. The molecular weight excluding hydrogens is 414 g/mol. The highest BCUT2D eigenvalue weighted by atomic mass is 16.2. The van der Waals surface area contributed by atoms with E-state index in [0.29, 0.717) is 30.1 Å². The summed E-state index contributed by atoms with van der Waals surface area (Å²) in [6.45, 7) is 6.52. The van der Waals surface area contributed by atoms with Gasteiger partial charge < -0.3 is 9.88 Å². The Labute approximate surface area is 193 Å². The summed E-state index contributed by atoms with van der Waals surface area (Å²) in [5, 5.41) is 7.51. The van der Waals surface area contributed by atoms with Gasteiger partial charge in [0.2, 0.25) is 11.7 Å². The van der Waals surface area contributed by atoms with Crippen molar-refractivity contribution < 1.29 is 4.79 Å². The Morgan fingerprint density at radius 2 is 1.76 bits per heavy atom. The van der Waals surface area contributed by atoms with E-state index in [9.17, 15) is 9.59 Å². The molecule has 0 saturated heterocycles. The largest absolute Gasteiger partial charge is 0.350 e. The molecule has 0 saturated carbocycles. The van der Waals surface area contributed by atoms with Gasteiger partial charge in [-0.1, -0.05) is 67.9 Å². The Morgan fingerprint density at radius 3 is 2.48 bits per heavy atom. The van der Waals surface area contributed by atoms with Gasteiger partial charge in [-0.3, -0.25) is 9.59 Å². The number of amides is 1. The summed E-state index contributed by atoms with van der Waals surface area (Å²) >= 11 is 0. The average molecular weight is 444 g/mol. The molecule has 0 radical (unpaired) electrons. The van der Waals surface area contributed by atoms with Gasteiger partial charge in [-0.05, 0) is 37.8 Å². The van der Waals surface area contributed by atoms with E-state index in [1.54, 1.807) is 4.57 Å². The Bertz CT molecular complexity index is 1340. The Hall–Kier alpha value is -3.74. The van der Waals surface area contributed by atoms with Crippen LogP contribution in [-0.2, 0) is 24.3 Å². The van der Waals surface area contributed by atoms with Crippen molar-refractivity contribution in [1.29, 1.82) is 0 Å². The molecule has 0 aliphatic heterocycles. The first-order valence-corrected chi connectivity index (χ1v) is 11.3. The van der Waals surface area contributed by atoms with Crippen LogP contribution in [0.2, 0.25) is 0 Å². The molecule has 7 heteroatoms. The monoisotopic (exact) mass is 443 g/mol. The van der Waals surface area contributed by atoms with Crippen LogP contribution in [0.15, 0.2) is 59.4 Å². The van der Waals surface area contributed by atoms with Crippen LogP contribution in [-0.4, -0.2) is 25.1 Å². The molecule has 0 atom stereocenters. The van der Waals surface area contributed by atoms with Crippen molar-refractivity contribution in [3.63, 3.8) is 0 Å². The minimum absolute atomic E-state index is 0.0630. The van der Waals surface area contributed by atoms with Crippen molar-refractivity contribution >= 4 is 11.7 Å². The molecule has 4 aromatic rings. The molecule has 33 heavy (non-hydrogen) atoms. The number of benzene rings is 2. The fraction of sp³-hybridized carbons (Fsp3) is 0.308. The van der Waals surface area contributed by atoms with Gasteiger partial charge in [0.05, 0.1) is 0 Å². The van der Waals surface area contributed by atoms with Crippen molar-refractivity contribution in [2.45, 2.75) is 53.1 Å². The number of carbonyl (C=O) groups excluding carboxylic acids is 1. The van der Waals surface area contributed by atoms with Crippen molar-refractivity contribution in [1.82, 2.24) is 24.5 Å². The van der Waals surface area contributed by atoms with Crippen LogP contribution in [0.1, 0.15) is 42.1 Å². The van der Waals surface area contributed by atoms with Gasteiger partial charge >= 0.3 is 0 Å². The van der Waals surface area contributed by atoms with E-state index in [1.165, 1.54) is 4.52 Å². The Morgan fingerprint density at radius 1 is 1.03 bits per heavy atom. The van der Waals surface area contributed by atoms with Crippen LogP contribution in [0.5, 0.6) is 0 Å². The third kappa shape index (κ3) is 4.72. The highest BCUT2D eigenvalue weighted by Gasteiger charge is 2.20. The molecule has 7 nitrogen and oxygen atoms in total. The van der Waals surface area contributed by atoms with Crippen molar-refractivity contribution in [2.24, 2.45) is 0 Å². The molecule has 1 N–H and O–H groups in total. The maximum atomic E-state index is 13.2. The fourth-order valence-corrected chi connectivity index (χ4v) is 3.95. The number of aryl methyl sites for hydroxylation is 1. The van der Waals surface area contributed by atoms with E-state index in [1.807, 2.05) is 68.4 Å². The maximum absolute atomic E-state index is 13.2. The van der Waals surface area contributed by atoms with Crippen LogP contribution in [0, 0.1) is 13.8 Å². The molecule has 0 unspecified atom stereocenters. The van der Waals surface area contributed by atoms with Gasteiger partial charge in [0.15, 0.2) is 5.82 Å². The first-order chi connectivity index (χ1) is 16.0. The molecular formula is C26H29N5O2. The van der Waals surface area contributed by atoms with E-state index in [-0.39, 0.29) is 18.0 Å². The molecule has 2 aromatic carbocycles. The summed E-state index contributed by atoms with van der Waals surface area (Å²) in [4.78, 5) is 30.8. The minimum Gasteiger partial charge on any atom is -0.350 e. The smallest absolute Gasteiger partial charge is 0.279 e. The van der Waals surface area contributed by atoms with Crippen LogP contribution in [0.25, 0.3) is 17.2 Å². The first kappa shape index (κ1) is 22.5. The maximum Gasteiger partial charge on any atom is 0.279 e. The number of unbranched alkanes of at least 4 members (excludes halogenated alkanes) is 1. The summed E-state index contributed by atoms with van der Waals surface area (Å²) in [5.74, 6) is 0.703. The molecule has 2 aromatic heterocycles. The molecule has 0 spiro atoms. The van der Waals surface area contributed by atoms with Gasteiger partial charge in [0, 0.05) is 23.4 Å². The second-order valence-corrected chi connectivity index (χ2v) is 8.28. The van der Waals surface area contributed by atoms with Crippen LogP contribution >= 0.6 is 0 Å². The SMILES string of the molecule is CCCCc1c(C)n(CC(=O)NCc2ccccc2C)c2nc(-c3ccccc3)nn2c1=O. The van der Waals surface area contributed by atoms with Gasteiger partial charge in [0.1, 0.15) is 6.54 Å². The number of fused-ring (bicyclic) bond motifs is 1. The summed E-state index contributed by atoms with van der Waals surface area (Å²) in [5.41, 5.74) is 4.31. The van der Waals surface area contributed by atoms with E-state index in [4.69, 9.17) is 0 Å². The van der Waals surface area contributed by atoms with E-state index in [2.05, 4.69) is 22.3 Å². The predicted octanol–water partition coefficient (Wildman–Crippen LogP) is 3.83. The molecule has 1 amide bonds. The number of hydrogen-bond acceptors (Lipinski definition) is 4. The number of aromatic nitrogens is 4. The Balaban J connectivity index is 1.71. The third-order valence-corrected chi connectivity index (χ3v) is 5.97. The van der Waals surface area contributed by atoms with Crippen LogP contribution < -0.4 is 10.9 Å². The summed E-state index contributed by atoms with van der Waals surface area (Å²) < 4.78 is 3.15. The van der Waals surface area contributed by atoms with Gasteiger partial charge in [-0.25, -0.2) is 0 Å². The molecule has 4 rings (SSSR count). The minimum atomic E-state index is -0.165. The second kappa shape index (κ2) is 9.81. The molecule has 170 valence electrons. The van der Waals surface area contributed by atoms with E-state index in [0.717, 1.165) is 35.2 Å². The third-order valence-electron chi connectivity index (χ3n) is 5.97. The number of nitrogens with zero attached hydrogens (tertiary/aromatic N) is 4. The lowest BCUT2D eigenvalue weighted by molar-refractivity contribution is -0.121. The number of rotatable bonds is 8. The van der Waals surface area contributed by atoms with E-state index >= 15 is 0 Å². The summed E-state index contributed by atoms with van der Waals surface area (Å²) in [7, 11) is 0. The molecule has 0 fully saturated rings. The molecule has 0 aliphatic carbocycles. The summed E-state index contributed by atoms with van der Waals surface area (Å²) in [6.07, 6.45) is 2.50. The lowest BCUT2D eigenvalue weighted by Gasteiger charge is -2.15. The normalized spacial score (nSPS) is 11.1. The Kier molecular flexibility index (Phi) is 6.68. The first-order valence-electron chi connectivity index (χ1n) is 11.3. The van der Waals surface area contributed by atoms with Crippen LogP contribution in [0.4, 0.5) is 0 Å². The standard InChI is InChI=1S/C26H29N5O2/c1-4-5-15-22-19(3)30(17-23(32)27-16-21-14-10-9-11-18(21)2)26-28-24(29-31(26)25(22)33)20-12-7-6-8-13-20/h6-14H,4-5,15-17H2,1-3H3,(H,27,32). The fourth-order valence-electron chi connectivity index (χ4n) is 3.95. The number of nitrogens with one attached hydrogen (secondary N) is 1. The molecule has 0 bridgehead atoms. The second-order valence-electron chi connectivity index (χ2n) is 8.28. The van der Waals surface area contributed by atoms with Gasteiger partial charge in [-0.15, -0.1) is 5.10 Å².